The molecule has 1 aromatic rings. The zero-order valence-corrected chi connectivity index (χ0v) is 13.4. The molecule has 0 atom stereocenters. The predicted octanol–water partition coefficient (Wildman–Crippen LogP) is 1.17. The van der Waals surface area contributed by atoms with Crippen molar-refractivity contribution in [3.05, 3.63) is 11.4 Å². The molecular weight excluding hydrogens is 266 g/mol. The van der Waals surface area contributed by atoms with E-state index in [4.69, 9.17) is 5.73 Å². The van der Waals surface area contributed by atoms with Crippen molar-refractivity contribution >= 4 is 11.6 Å². The molecule has 6 nitrogen and oxygen atoms in total. The number of rotatable bonds is 5. The summed E-state index contributed by atoms with van der Waals surface area (Å²) in [4.78, 5) is 14.9. The van der Waals surface area contributed by atoms with Gasteiger partial charge in [0.25, 0.3) is 5.91 Å². The van der Waals surface area contributed by atoms with E-state index in [-0.39, 0.29) is 11.9 Å². The summed E-state index contributed by atoms with van der Waals surface area (Å²) < 4.78 is 1.59. The maximum atomic E-state index is 12.4. The van der Waals surface area contributed by atoms with Crippen molar-refractivity contribution in [2.24, 2.45) is 7.05 Å². The van der Waals surface area contributed by atoms with E-state index < -0.39 is 0 Å². The lowest BCUT2D eigenvalue weighted by Crippen LogP contribution is -2.45. The summed E-state index contributed by atoms with van der Waals surface area (Å²) in [6.45, 7) is 7.45. The molecule has 1 saturated heterocycles. The number of hydrogen-bond acceptors (Lipinski definition) is 4. The third-order valence-corrected chi connectivity index (χ3v) is 4.17. The first-order chi connectivity index (χ1) is 10.1. The van der Waals surface area contributed by atoms with Crippen LogP contribution in [0.2, 0.25) is 0 Å². The summed E-state index contributed by atoms with van der Waals surface area (Å²) in [6.07, 6.45) is 3.93. The third kappa shape index (κ3) is 3.56. The summed E-state index contributed by atoms with van der Waals surface area (Å²) in [5.74, 6) is -0.101. The van der Waals surface area contributed by atoms with Crippen LogP contribution in [0.15, 0.2) is 0 Å². The fraction of sp³-hybridized carbons (Fsp3) is 0.733. The van der Waals surface area contributed by atoms with Crippen molar-refractivity contribution in [2.45, 2.75) is 45.6 Å². The standard InChI is InChI=1S/C15H27N5O/c1-4-8-20-9-6-11(7-10-20)17-15(21)14-13(16)12(5-2)18-19(14)3/h11H,4-10,16H2,1-3H3,(H,17,21). The van der Waals surface area contributed by atoms with E-state index in [2.05, 4.69) is 22.2 Å². The van der Waals surface area contributed by atoms with Crippen LogP contribution in [0.3, 0.4) is 0 Å². The zero-order chi connectivity index (χ0) is 15.4. The molecule has 118 valence electrons. The maximum Gasteiger partial charge on any atom is 0.271 e. The molecule has 21 heavy (non-hydrogen) atoms. The fourth-order valence-corrected chi connectivity index (χ4v) is 3.00. The number of carbonyl (C=O) groups excluding carboxylic acids is 1. The number of carbonyl (C=O) groups is 1. The molecule has 0 unspecified atom stereocenters. The molecular formula is C15H27N5O. The Morgan fingerprint density at radius 3 is 2.57 bits per heavy atom. The maximum absolute atomic E-state index is 12.4. The number of hydrogen-bond donors (Lipinski definition) is 2. The number of piperidine rings is 1. The number of anilines is 1. The van der Waals surface area contributed by atoms with Gasteiger partial charge in [-0.1, -0.05) is 13.8 Å². The topological polar surface area (TPSA) is 76.2 Å². The van der Waals surface area contributed by atoms with E-state index in [1.54, 1.807) is 11.7 Å². The van der Waals surface area contributed by atoms with E-state index in [1.807, 2.05) is 6.92 Å². The molecule has 1 amide bonds. The molecule has 0 aromatic carbocycles. The Morgan fingerprint density at radius 2 is 2.05 bits per heavy atom. The highest BCUT2D eigenvalue weighted by Gasteiger charge is 2.24. The lowest BCUT2D eigenvalue weighted by Gasteiger charge is -2.32. The van der Waals surface area contributed by atoms with Gasteiger partial charge in [-0.25, -0.2) is 0 Å². The van der Waals surface area contributed by atoms with Crippen LogP contribution in [0.25, 0.3) is 0 Å². The van der Waals surface area contributed by atoms with Gasteiger partial charge in [0, 0.05) is 26.2 Å². The third-order valence-electron chi connectivity index (χ3n) is 4.17. The molecule has 0 aliphatic carbocycles. The van der Waals surface area contributed by atoms with Crippen LogP contribution >= 0.6 is 0 Å². The van der Waals surface area contributed by atoms with Gasteiger partial charge in [-0.15, -0.1) is 0 Å². The van der Waals surface area contributed by atoms with Crippen molar-refractivity contribution < 1.29 is 4.79 Å². The van der Waals surface area contributed by atoms with Gasteiger partial charge >= 0.3 is 0 Å². The molecule has 0 saturated carbocycles. The lowest BCUT2D eigenvalue weighted by molar-refractivity contribution is 0.0902. The van der Waals surface area contributed by atoms with Crippen LogP contribution in [0.5, 0.6) is 0 Å². The van der Waals surface area contributed by atoms with Gasteiger partial charge in [0.1, 0.15) is 5.69 Å². The van der Waals surface area contributed by atoms with Crippen molar-refractivity contribution in [3.63, 3.8) is 0 Å². The van der Waals surface area contributed by atoms with Gasteiger partial charge in [-0.3, -0.25) is 9.48 Å². The number of nitrogen functional groups attached to an aromatic ring is 1. The second-order valence-corrected chi connectivity index (χ2v) is 5.78. The number of nitrogens with two attached hydrogens (primary N) is 1. The highest BCUT2D eigenvalue weighted by atomic mass is 16.2. The number of likely N-dealkylation sites (tertiary alicyclic amines) is 1. The van der Waals surface area contributed by atoms with E-state index in [9.17, 15) is 4.79 Å². The van der Waals surface area contributed by atoms with E-state index >= 15 is 0 Å². The molecule has 2 rings (SSSR count). The molecule has 2 heterocycles. The van der Waals surface area contributed by atoms with E-state index in [1.165, 1.54) is 6.42 Å². The summed E-state index contributed by atoms with van der Waals surface area (Å²) in [5.41, 5.74) is 7.83. The normalized spacial score (nSPS) is 17.1. The number of nitrogens with one attached hydrogen (secondary N) is 1. The van der Waals surface area contributed by atoms with Gasteiger partial charge < -0.3 is 16.0 Å². The second kappa shape index (κ2) is 6.93. The summed E-state index contributed by atoms with van der Waals surface area (Å²) >= 11 is 0. The Hall–Kier alpha value is -1.56. The molecule has 0 radical (unpaired) electrons. The Labute approximate surface area is 126 Å². The van der Waals surface area contributed by atoms with Gasteiger partial charge in [0.15, 0.2) is 0 Å². The highest BCUT2D eigenvalue weighted by Crippen LogP contribution is 2.18. The average Bonchev–Trinajstić information content (AvgIpc) is 2.75. The molecule has 1 fully saturated rings. The number of aryl methyl sites for hydroxylation is 2. The van der Waals surface area contributed by atoms with Crippen LogP contribution < -0.4 is 11.1 Å². The lowest BCUT2D eigenvalue weighted by atomic mass is 10.0. The van der Waals surface area contributed by atoms with Crippen LogP contribution in [0.4, 0.5) is 5.69 Å². The number of aromatic nitrogens is 2. The highest BCUT2D eigenvalue weighted by molar-refractivity contribution is 5.98. The summed E-state index contributed by atoms with van der Waals surface area (Å²) in [5, 5.41) is 7.41. The SMILES string of the molecule is CCCN1CCC(NC(=O)c2c(N)c(CC)nn2C)CC1. The van der Waals surface area contributed by atoms with Gasteiger partial charge in [0.2, 0.25) is 0 Å². The first-order valence-corrected chi connectivity index (χ1v) is 7.91. The summed E-state index contributed by atoms with van der Waals surface area (Å²) in [6, 6.07) is 0.241. The quantitative estimate of drug-likeness (QED) is 0.854. The van der Waals surface area contributed by atoms with Crippen molar-refractivity contribution in [3.8, 4) is 0 Å². The minimum atomic E-state index is -0.101. The molecule has 1 aliphatic rings. The van der Waals surface area contributed by atoms with Crippen molar-refractivity contribution in [1.29, 1.82) is 0 Å². The molecule has 0 spiro atoms. The predicted molar refractivity (Wildman–Crippen MR) is 84.2 cm³/mol. The minimum Gasteiger partial charge on any atom is -0.395 e. The van der Waals surface area contributed by atoms with Gasteiger partial charge in [0.05, 0.1) is 11.4 Å². The Bertz CT molecular complexity index is 488. The largest absolute Gasteiger partial charge is 0.395 e. The number of amides is 1. The zero-order valence-electron chi connectivity index (χ0n) is 13.4. The molecule has 1 aromatic heterocycles. The van der Waals surface area contributed by atoms with Crippen LogP contribution in [0, 0.1) is 0 Å². The Kier molecular flexibility index (Phi) is 5.22. The van der Waals surface area contributed by atoms with Crippen molar-refractivity contribution in [1.82, 2.24) is 20.0 Å². The minimum absolute atomic E-state index is 0.101. The fourth-order valence-electron chi connectivity index (χ4n) is 3.00. The molecule has 6 heteroatoms. The summed E-state index contributed by atoms with van der Waals surface area (Å²) in [7, 11) is 1.77. The van der Waals surface area contributed by atoms with Crippen molar-refractivity contribution in [2.75, 3.05) is 25.4 Å². The van der Waals surface area contributed by atoms with Gasteiger partial charge in [-0.2, -0.15) is 5.10 Å². The van der Waals surface area contributed by atoms with Gasteiger partial charge in [-0.05, 0) is 32.2 Å². The number of nitrogens with zero attached hydrogens (tertiary/aromatic N) is 3. The van der Waals surface area contributed by atoms with E-state index in [0.717, 1.165) is 44.6 Å². The Morgan fingerprint density at radius 1 is 1.38 bits per heavy atom. The second-order valence-electron chi connectivity index (χ2n) is 5.78. The monoisotopic (exact) mass is 293 g/mol. The first-order valence-electron chi connectivity index (χ1n) is 7.91. The first kappa shape index (κ1) is 15.8. The Balaban J connectivity index is 1.95. The van der Waals surface area contributed by atoms with E-state index in [0.29, 0.717) is 11.4 Å². The molecule has 3 N–H and O–H groups in total. The average molecular weight is 293 g/mol. The van der Waals surface area contributed by atoms with Crippen LogP contribution in [-0.2, 0) is 13.5 Å². The smallest absolute Gasteiger partial charge is 0.271 e. The molecule has 0 bridgehead atoms. The van der Waals surface area contributed by atoms with Crippen LogP contribution in [-0.4, -0.2) is 46.3 Å². The molecule has 1 aliphatic heterocycles. The van der Waals surface area contributed by atoms with Crippen LogP contribution in [0.1, 0.15) is 49.3 Å².